The van der Waals surface area contributed by atoms with Gasteiger partial charge >= 0.3 is 5.00 Å². The molecule has 0 N–H and O–H groups in total. The van der Waals surface area contributed by atoms with Crippen molar-refractivity contribution in [2.75, 3.05) is 0 Å². The molecule has 0 saturated carbocycles. The predicted molar refractivity (Wildman–Crippen MR) is 29.5 cm³/mol. The SMILES string of the molecule is [N-]=[N+]c1cccs1. The molecule has 0 aliphatic carbocycles. The van der Waals surface area contributed by atoms with Crippen LogP contribution in [0, 0.1) is 0 Å². The lowest BCUT2D eigenvalue weighted by molar-refractivity contribution is 1.41. The Kier molecular flexibility index (Phi) is 1.17. The molecule has 0 amide bonds. The highest BCUT2D eigenvalue weighted by Crippen LogP contribution is 2.11. The zero-order chi connectivity index (χ0) is 5.11. The first-order chi connectivity index (χ1) is 3.43. The molecule has 1 radical (unpaired) electrons. The summed E-state index contributed by atoms with van der Waals surface area (Å²) in [5.74, 6) is 0. The molecule has 1 rings (SSSR count). The number of rotatable bonds is 1. The Morgan fingerprint density at radius 2 is 2.57 bits per heavy atom. The monoisotopic (exact) mass is 111 g/mol. The van der Waals surface area contributed by atoms with Crippen LogP contribution in [0.5, 0.6) is 0 Å². The van der Waals surface area contributed by atoms with Crippen LogP contribution in [0.1, 0.15) is 0 Å². The second kappa shape index (κ2) is 1.84. The standard InChI is InChI=1S/C4H3N2S/c5-6-4-2-1-3-7-4/h1-3H. The molecule has 1 heterocycles. The van der Waals surface area contributed by atoms with E-state index in [0.29, 0.717) is 5.00 Å². The highest BCUT2D eigenvalue weighted by Gasteiger charge is 1.91. The van der Waals surface area contributed by atoms with Crippen LogP contribution in [0.15, 0.2) is 17.5 Å². The van der Waals surface area contributed by atoms with E-state index in [-0.39, 0.29) is 0 Å². The molecule has 0 atom stereocenters. The largest absolute Gasteiger partial charge is 0.423 e. The van der Waals surface area contributed by atoms with Crippen molar-refractivity contribution < 1.29 is 0 Å². The summed E-state index contributed by atoms with van der Waals surface area (Å²) in [6.45, 7) is 0. The smallest absolute Gasteiger partial charge is 0.317 e. The normalized spacial score (nSPS) is 8.57. The maximum Gasteiger partial charge on any atom is 0.317 e. The van der Waals surface area contributed by atoms with Crippen LogP contribution in [-0.2, 0) is 0 Å². The number of nitrogens with zero attached hydrogens (tertiary/aromatic N) is 2. The molecule has 0 aliphatic heterocycles. The molecule has 3 heteroatoms. The summed E-state index contributed by atoms with van der Waals surface area (Å²) < 4.78 is 0. The van der Waals surface area contributed by atoms with Gasteiger partial charge in [-0.25, -0.2) is 0 Å². The molecule has 0 spiro atoms. The molecule has 2 nitrogen and oxygen atoms in total. The second-order valence-corrected chi connectivity index (χ2v) is 1.98. The van der Waals surface area contributed by atoms with Gasteiger partial charge < -0.3 is 5.53 Å². The summed E-state index contributed by atoms with van der Waals surface area (Å²) in [6.07, 6.45) is 0. The van der Waals surface area contributed by atoms with E-state index >= 15 is 0 Å². The summed E-state index contributed by atoms with van der Waals surface area (Å²) in [4.78, 5) is 0. The first kappa shape index (κ1) is 4.46. The molecule has 7 heavy (non-hydrogen) atoms. The zero-order valence-corrected chi connectivity index (χ0v) is 4.35. The van der Waals surface area contributed by atoms with Crippen molar-refractivity contribution >= 4 is 16.3 Å². The maximum absolute atomic E-state index is 8.06. The summed E-state index contributed by atoms with van der Waals surface area (Å²) in [6, 6.07) is 3.57. The third kappa shape index (κ3) is 0.838. The fourth-order valence-electron chi connectivity index (χ4n) is 0.327. The predicted octanol–water partition coefficient (Wildman–Crippen LogP) is 1.74. The van der Waals surface area contributed by atoms with Gasteiger partial charge in [0.1, 0.15) is 0 Å². The molecule has 0 bridgehead atoms. The maximum atomic E-state index is 8.06. The van der Waals surface area contributed by atoms with Crippen molar-refractivity contribution in [3.8, 4) is 0 Å². The minimum atomic E-state index is 0.653. The third-order valence-corrected chi connectivity index (χ3v) is 1.36. The van der Waals surface area contributed by atoms with Gasteiger partial charge in [-0.3, -0.25) is 0 Å². The van der Waals surface area contributed by atoms with Crippen molar-refractivity contribution in [3.63, 3.8) is 0 Å². The lowest BCUT2D eigenvalue weighted by Gasteiger charge is -1.59. The van der Waals surface area contributed by atoms with E-state index in [4.69, 9.17) is 5.53 Å². The van der Waals surface area contributed by atoms with Gasteiger partial charge in [-0.1, -0.05) is 11.3 Å². The molecule has 0 aliphatic rings. The summed E-state index contributed by atoms with van der Waals surface area (Å²) >= 11 is 1.41. The van der Waals surface area contributed by atoms with Gasteiger partial charge in [-0.15, -0.1) is 0 Å². The summed E-state index contributed by atoms with van der Waals surface area (Å²) in [5, 5.41) is 5.46. The van der Waals surface area contributed by atoms with Gasteiger partial charge in [-0.2, -0.15) is 0 Å². The molecular formula is C4H3N2S. The molecule has 0 fully saturated rings. The Hall–Kier alpha value is -0.700. The molecule has 0 unspecified atom stereocenters. The Labute approximate surface area is 45.3 Å². The molecule has 1 aromatic rings. The Morgan fingerprint density at radius 1 is 1.71 bits per heavy atom. The molecular weight excluding hydrogens is 108 g/mol. The van der Waals surface area contributed by atoms with E-state index in [1.54, 1.807) is 6.07 Å². The highest BCUT2D eigenvalue weighted by atomic mass is 32.1. The van der Waals surface area contributed by atoms with Crippen LogP contribution in [0.4, 0.5) is 5.00 Å². The highest BCUT2D eigenvalue weighted by molar-refractivity contribution is 7.13. The van der Waals surface area contributed by atoms with Crippen LogP contribution in [0.25, 0.3) is 5.53 Å². The first-order valence-corrected chi connectivity index (χ1v) is 2.70. The molecule has 35 valence electrons. The molecule has 0 saturated heterocycles. The lowest BCUT2D eigenvalue weighted by atomic mass is 10.6. The minimum absolute atomic E-state index is 0.653. The van der Waals surface area contributed by atoms with Gasteiger partial charge in [0.2, 0.25) is 0 Å². The summed E-state index contributed by atoms with van der Waals surface area (Å²) in [7, 11) is 0. The average Bonchev–Trinajstić information content (AvgIpc) is 2.14. The Morgan fingerprint density at radius 3 is 2.86 bits per heavy atom. The van der Waals surface area contributed by atoms with Gasteiger partial charge in [0.05, 0.1) is 0 Å². The topological polar surface area (TPSA) is 36.4 Å². The third-order valence-electron chi connectivity index (χ3n) is 0.605. The quantitative estimate of drug-likeness (QED) is 0.495. The number of hydrogen-bond acceptors (Lipinski definition) is 2. The van der Waals surface area contributed by atoms with Gasteiger partial charge in [0.25, 0.3) is 0 Å². The molecule has 1 aromatic heterocycles. The van der Waals surface area contributed by atoms with E-state index in [0.717, 1.165) is 0 Å². The zero-order valence-electron chi connectivity index (χ0n) is 3.53. The van der Waals surface area contributed by atoms with Crippen LogP contribution < -0.4 is 5.11 Å². The lowest BCUT2D eigenvalue weighted by Crippen LogP contribution is -1.57. The van der Waals surface area contributed by atoms with Crippen molar-refractivity contribution in [2.24, 2.45) is 0 Å². The van der Waals surface area contributed by atoms with Crippen molar-refractivity contribution in [3.05, 3.63) is 23.0 Å². The van der Waals surface area contributed by atoms with Crippen molar-refractivity contribution in [2.45, 2.75) is 0 Å². The second-order valence-electron chi connectivity index (χ2n) is 1.05. The first-order valence-electron chi connectivity index (χ1n) is 1.82. The fraction of sp³-hybridized carbons (Fsp3) is 0. The van der Waals surface area contributed by atoms with E-state index in [9.17, 15) is 0 Å². The van der Waals surface area contributed by atoms with Crippen LogP contribution in [0.3, 0.4) is 0 Å². The number of hydrogen-bond donors (Lipinski definition) is 0. The van der Waals surface area contributed by atoms with E-state index in [1.807, 2.05) is 11.4 Å². The van der Waals surface area contributed by atoms with E-state index < -0.39 is 0 Å². The van der Waals surface area contributed by atoms with Crippen molar-refractivity contribution in [1.29, 1.82) is 0 Å². The minimum Gasteiger partial charge on any atom is -0.423 e. The fourth-order valence-corrected chi connectivity index (χ4v) is 0.828. The Balaban J connectivity index is 2.96. The van der Waals surface area contributed by atoms with Gasteiger partial charge in [0.15, 0.2) is 0 Å². The average molecular weight is 111 g/mol. The Bertz CT molecular complexity index is 145. The van der Waals surface area contributed by atoms with Gasteiger partial charge in [0, 0.05) is 6.07 Å². The molecule has 0 aromatic carbocycles. The van der Waals surface area contributed by atoms with Crippen molar-refractivity contribution in [1.82, 2.24) is 5.11 Å². The van der Waals surface area contributed by atoms with Crippen LogP contribution in [0.2, 0.25) is 0 Å². The van der Waals surface area contributed by atoms with Crippen LogP contribution in [-0.4, -0.2) is 0 Å². The van der Waals surface area contributed by atoms with Gasteiger partial charge in [-0.05, 0) is 16.6 Å². The number of thiophene rings is 1. The van der Waals surface area contributed by atoms with Crippen LogP contribution >= 0.6 is 11.3 Å². The van der Waals surface area contributed by atoms with E-state index in [2.05, 4.69) is 5.11 Å². The van der Waals surface area contributed by atoms with E-state index in [1.165, 1.54) is 11.3 Å². The summed E-state index contributed by atoms with van der Waals surface area (Å²) in [5.41, 5.74) is 8.06.